The van der Waals surface area contributed by atoms with E-state index < -0.39 is 5.97 Å². The highest BCUT2D eigenvalue weighted by Crippen LogP contribution is 2.24. The van der Waals surface area contributed by atoms with Crippen LogP contribution >= 0.6 is 0 Å². The van der Waals surface area contributed by atoms with Crippen molar-refractivity contribution in [2.24, 2.45) is 0 Å². The third-order valence-electron chi connectivity index (χ3n) is 2.29. The highest BCUT2D eigenvalue weighted by atomic mass is 16.5. The van der Waals surface area contributed by atoms with Gasteiger partial charge in [-0.05, 0) is 12.0 Å². The average Bonchev–Trinajstić information content (AvgIpc) is 2.29. The van der Waals surface area contributed by atoms with E-state index >= 15 is 0 Å². The van der Waals surface area contributed by atoms with Crippen LogP contribution in [0.3, 0.4) is 0 Å². The van der Waals surface area contributed by atoms with Crippen molar-refractivity contribution in [3.8, 4) is 0 Å². The molecule has 0 unspecified atom stereocenters. The first-order valence-corrected chi connectivity index (χ1v) is 5.26. The summed E-state index contributed by atoms with van der Waals surface area (Å²) >= 11 is 0. The summed E-state index contributed by atoms with van der Waals surface area (Å²) in [6.45, 7) is 2.01. The van der Waals surface area contributed by atoms with Gasteiger partial charge in [0.2, 0.25) is 5.76 Å². The first-order valence-electron chi connectivity index (χ1n) is 5.26. The molecule has 0 saturated carbocycles. The van der Waals surface area contributed by atoms with Crippen LogP contribution in [0.2, 0.25) is 0 Å². The maximum absolute atomic E-state index is 11.0. The van der Waals surface area contributed by atoms with E-state index in [9.17, 15) is 4.79 Å². The van der Waals surface area contributed by atoms with Gasteiger partial charge in [-0.2, -0.15) is 0 Å². The Hall–Kier alpha value is -1.77. The Morgan fingerprint density at radius 1 is 1.31 bits per heavy atom. The standard InChI is InChI=1S/C13H16O3/c1-3-7-11(12(16-2)13(14)15)10-8-5-4-6-9-10/h4-6,8-9H,3,7H2,1-2H3,(H,14,15). The van der Waals surface area contributed by atoms with Crippen LogP contribution in [0.25, 0.3) is 5.57 Å². The van der Waals surface area contributed by atoms with Crippen LogP contribution in [0.4, 0.5) is 0 Å². The van der Waals surface area contributed by atoms with Gasteiger partial charge in [-0.3, -0.25) is 0 Å². The molecule has 0 bridgehead atoms. The van der Waals surface area contributed by atoms with Crippen LogP contribution in [-0.4, -0.2) is 18.2 Å². The van der Waals surface area contributed by atoms with E-state index in [4.69, 9.17) is 9.84 Å². The van der Waals surface area contributed by atoms with Crippen molar-refractivity contribution in [2.45, 2.75) is 19.8 Å². The smallest absolute Gasteiger partial charge is 0.371 e. The second-order valence-corrected chi connectivity index (χ2v) is 3.43. The Labute approximate surface area is 95.4 Å². The molecule has 0 fully saturated rings. The van der Waals surface area contributed by atoms with E-state index in [1.54, 1.807) is 0 Å². The molecule has 0 heterocycles. The lowest BCUT2D eigenvalue weighted by atomic mass is 10.00. The number of methoxy groups -OCH3 is 1. The van der Waals surface area contributed by atoms with Crippen molar-refractivity contribution in [1.29, 1.82) is 0 Å². The van der Waals surface area contributed by atoms with Crippen molar-refractivity contribution < 1.29 is 14.6 Å². The summed E-state index contributed by atoms with van der Waals surface area (Å²) in [6, 6.07) is 9.47. The molecule has 86 valence electrons. The van der Waals surface area contributed by atoms with Gasteiger partial charge in [0.1, 0.15) is 0 Å². The normalized spacial score (nSPS) is 11.9. The summed E-state index contributed by atoms with van der Waals surface area (Å²) in [5.74, 6) is -0.983. The minimum Gasteiger partial charge on any atom is -0.490 e. The van der Waals surface area contributed by atoms with Gasteiger partial charge < -0.3 is 9.84 Å². The SMILES string of the molecule is CCCC(=C(OC)C(=O)O)c1ccccc1. The molecule has 0 atom stereocenters. The molecule has 0 aliphatic rings. The molecule has 0 aliphatic carbocycles. The fourth-order valence-corrected chi connectivity index (χ4v) is 1.62. The maximum atomic E-state index is 11.0. The van der Waals surface area contributed by atoms with Crippen molar-refractivity contribution in [3.05, 3.63) is 41.7 Å². The quantitative estimate of drug-likeness (QED) is 0.613. The van der Waals surface area contributed by atoms with Gasteiger partial charge in [-0.25, -0.2) is 4.79 Å². The van der Waals surface area contributed by atoms with Gasteiger partial charge >= 0.3 is 5.97 Å². The number of hydrogen-bond acceptors (Lipinski definition) is 2. The first-order chi connectivity index (χ1) is 7.70. The van der Waals surface area contributed by atoms with E-state index in [1.165, 1.54) is 7.11 Å². The lowest BCUT2D eigenvalue weighted by Gasteiger charge is -2.10. The van der Waals surface area contributed by atoms with Crippen LogP contribution in [0.5, 0.6) is 0 Å². The van der Waals surface area contributed by atoms with Crippen molar-refractivity contribution in [3.63, 3.8) is 0 Å². The summed E-state index contributed by atoms with van der Waals surface area (Å²) < 4.78 is 4.96. The Morgan fingerprint density at radius 3 is 2.38 bits per heavy atom. The van der Waals surface area contributed by atoms with Gasteiger partial charge in [0.25, 0.3) is 0 Å². The van der Waals surface area contributed by atoms with E-state index in [0.29, 0.717) is 6.42 Å². The number of carboxylic acids is 1. The second kappa shape index (κ2) is 5.95. The molecule has 0 aromatic heterocycles. The number of aliphatic carboxylic acids is 1. The third kappa shape index (κ3) is 2.86. The number of carbonyl (C=O) groups is 1. The summed E-state index contributed by atoms with van der Waals surface area (Å²) in [7, 11) is 1.39. The van der Waals surface area contributed by atoms with Crippen LogP contribution in [0.15, 0.2) is 36.1 Å². The monoisotopic (exact) mass is 220 g/mol. The zero-order valence-corrected chi connectivity index (χ0v) is 9.56. The molecule has 0 radical (unpaired) electrons. The van der Waals surface area contributed by atoms with Crippen LogP contribution in [-0.2, 0) is 9.53 Å². The summed E-state index contributed by atoms with van der Waals surface area (Å²) in [6.07, 6.45) is 1.57. The maximum Gasteiger partial charge on any atom is 0.371 e. The van der Waals surface area contributed by atoms with Crippen molar-refractivity contribution in [2.75, 3.05) is 7.11 Å². The van der Waals surface area contributed by atoms with Crippen LogP contribution in [0, 0.1) is 0 Å². The Bertz CT molecular complexity index is 379. The Morgan fingerprint density at radius 2 is 1.94 bits per heavy atom. The highest BCUT2D eigenvalue weighted by molar-refractivity contribution is 5.94. The van der Waals surface area contributed by atoms with E-state index in [-0.39, 0.29) is 5.76 Å². The average molecular weight is 220 g/mol. The molecule has 1 N–H and O–H groups in total. The summed E-state index contributed by atoms with van der Waals surface area (Å²) in [4.78, 5) is 11.0. The van der Waals surface area contributed by atoms with Gasteiger partial charge in [0.05, 0.1) is 7.11 Å². The molecule has 3 heteroatoms. The number of rotatable bonds is 5. The summed E-state index contributed by atoms with van der Waals surface area (Å²) in [5.41, 5.74) is 1.65. The largest absolute Gasteiger partial charge is 0.490 e. The zero-order valence-electron chi connectivity index (χ0n) is 9.56. The highest BCUT2D eigenvalue weighted by Gasteiger charge is 2.15. The number of ether oxygens (including phenoxy) is 1. The van der Waals surface area contributed by atoms with Gasteiger partial charge in [0, 0.05) is 5.57 Å². The minimum absolute atomic E-state index is 0.0352. The molecule has 0 aliphatic heterocycles. The number of allylic oxidation sites excluding steroid dienone is 1. The van der Waals surface area contributed by atoms with Crippen molar-refractivity contribution in [1.82, 2.24) is 0 Å². The van der Waals surface area contributed by atoms with Crippen LogP contribution < -0.4 is 0 Å². The Balaban J connectivity index is 3.22. The number of hydrogen-bond donors (Lipinski definition) is 1. The molecular weight excluding hydrogens is 204 g/mol. The lowest BCUT2D eigenvalue weighted by Crippen LogP contribution is -2.06. The predicted molar refractivity (Wildman–Crippen MR) is 62.9 cm³/mol. The second-order valence-electron chi connectivity index (χ2n) is 3.43. The molecule has 1 aromatic carbocycles. The van der Waals surface area contributed by atoms with Crippen LogP contribution in [0.1, 0.15) is 25.3 Å². The third-order valence-corrected chi connectivity index (χ3v) is 2.29. The molecule has 0 spiro atoms. The molecule has 0 amide bonds. The number of carboxylic acid groups (broad SMARTS) is 1. The van der Waals surface area contributed by atoms with Gasteiger partial charge in [-0.1, -0.05) is 43.7 Å². The summed E-state index contributed by atoms with van der Waals surface area (Å²) in [5, 5.41) is 9.05. The minimum atomic E-state index is -1.02. The topological polar surface area (TPSA) is 46.5 Å². The predicted octanol–water partition coefficient (Wildman–Crippen LogP) is 2.93. The zero-order chi connectivity index (χ0) is 12.0. The van der Waals surface area contributed by atoms with E-state index in [2.05, 4.69) is 0 Å². The molecule has 3 nitrogen and oxygen atoms in total. The first kappa shape index (κ1) is 12.3. The molecule has 1 rings (SSSR count). The molecule has 1 aromatic rings. The fourth-order valence-electron chi connectivity index (χ4n) is 1.62. The van der Waals surface area contributed by atoms with E-state index in [1.807, 2.05) is 37.3 Å². The lowest BCUT2D eigenvalue weighted by molar-refractivity contribution is -0.135. The van der Waals surface area contributed by atoms with E-state index in [0.717, 1.165) is 17.6 Å². The number of benzene rings is 1. The fraction of sp³-hybridized carbons (Fsp3) is 0.308. The Kier molecular flexibility index (Phi) is 4.58. The van der Waals surface area contributed by atoms with Gasteiger partial charge in [0.15, 0.2) is 0 Å². The molecule has 0 saturated heterocycles. The molecular formula is C13H16O3. The van der Waals surface area contributed by atoms with Crippen molar-refractivity contribution >= 4 is 11.5 Å². The molecule has 16 heavy (non-hydrogen) atoms. The van der Waals surface area contributed by atoms with Gasteiger partial charge in [-0.15, -0.1) is 0 Å².